The van der Waals surface area contributed by atoms with Crippen molar-refractivity contribution in [3.8, 4) is 10.8 Å². The average molecular weight is 281 g/mol. The summed E-state index contributed by atoms with van der Waals surface area (Å²) in [6.45, 7) is 3.85. The normalized spacial score (nSPS) is 10.8. The molecular formula is C12H15N3O3S. The molecule has 7 heteroatoms. The van der Waals surface area contributed by atoms with Crippen LogP contribution in [0.4, 0.5) is 0 Å². The van der Waals surface area contributed by atoms with Gasteiger partial charge in [-0.2, -0.15) is 0 Å². The summed E-state index contributed by atoms with van der Waals surface area (Å²) >= 11 is 1.53. The molecule has 0 radical (unpaired) electrons. The summed E-state index contributed by atoms with van der Waals surface area (Å²) in [6.07, 6.45) is 2.13. The minimum atomic E-state index is -0.776. The largest absolute Gasteiger partial charge is 0.481 e. The Hall–Kier alpha value is -1.76. The topological polar surface area (TPSA) is 89.1 Å². The lowest BCUT2D eigenvalue weighted by molar-refractivity contribution is -0.137. The van der Waals surface area contributed by atoms with E-state index in [2.05, 4.69) is 15.2 Å². The van der Waals surface area contributed by atoms with E-state index in [1.165, 1.54) is 11.3 Å². The molecule has 19 heavy (non-hydrogen) atoms. The number of aliphatic carboxylic acids is 1. The van der Waals surface area contributed by atoms with Gasteiger partial charge in [-0.25, -0.2) is 4.98 Å². The van der Waals surface area contributed by atoms with Crippen molar-refractivity contribution in [2.75, 3.05) is 0 Å². The number of rotatable bonds is 6. The van der Waals surface area contributed by atoms with Gasteiger partial charge in [0, 0.05) is 12.8 Å². The van der Waals surface area contributed by atoms with Crippen molar-refractivity contribution < 1.29 is 14.3 Å². The molecule has 2 aromatic rings. The van der Waals surface area contributed by atoms with Gasteiger partial charge in [0.15, 0.2) is 0 Å². The Morgan fingerprint density at radius 2 is 2.11 bits per heavy atom. The summed E-state index contributed by atoms with van der Waals surface area (Å²) in [5.41, 5.74) is 0.892. The Morgan fingerprint density at radius 3 is 2.74 bits per heavy atom. The maximum absolute atomic E-state index is 10.4. The van der Waals surface area contributed by atoms with Crippen molar-refractivity contribution in [2.24, 2.45) is 0 Å². The van der Waals surface area contributed by atoms with Gasteiger partial charge < -0.3 is 9.52 Å². The van der Waals surface area contributed by atoms with Crippen molar-refractivity contribution in [1.82, 2.24) is 15.2 Å². The van der Waals surface area contributed by atoms with Gasteiger partial charge in [0.05, 0.1) is 10.7 Å². The highest BCUT2D eigenvalue weighted by Crippen LogP contribution is 2.28. The maximum Gasteiger partial charge on any atom is 0.303 e. The van der Waals surface area contributed by atoms with Crippen molar-refractivity contribution in [1.29, 1.82) is 0 Å². The molecule has 0 aliphatic rings. The Bertz CT molecular complexity index is 577. The number of hydrogen-bond acceptors (Lipinski definition) is 6. The van der Waals surface area contributed by atoms with Crippen LogP contribution in [0.3, 0.4) is 0 Å². The summed E-state index contributed by atoms with van der Waals surface area (Å²) < 4.78 is 5.57. The van der Waals surface area contributed by atoms with Gasteiger partial charge in [-0.1, -0.05) is 0 Å². The van der Waals surface area contributed by atoms with Crippen LogP contribution in [0.25, 0.3) is 10.8 Å². The summed E-state index contributed by atoms with van der Waals surface area (Å²) in [5.74, 6) is 0.268. The fraction of sp³-hybridized carbons (Fsp3) is 0.500. The van der Waals surface area contributed by atoms with Crippen LogP contribution in [-0.2, 0) is 11.2 Å². The quantitative estimate of drug-likeness (QED) is 0.819. The van der Waals surface area contributed by atoms with Gasteiger partial charge in [0.2, 0.25) is 5.89 Å². The number of nitrogens with zero attached hydrogens (tertiary/aromatic N) is 3. The fourth-order valence-electron chi connectivity index (χ4n) is 1.73. The highest BCUT2D eigenvalue weighted by atomic mass is 32.1. The molecule has 0 amide bonds. The number of carboxylic acids is 1. The zero-order chi connectivity index (χ0) is 13.8. The van der Waals surface area contributed by atoms with E-state index in [4.69, 9.17) is 9.52 Å². The molecule has 1 N–H and O–H groups in total. The molecule has 2 rings (SSSR count). The van der Waals surface area contributed by atoms with Gasteiger partial charge in [-0.3, -0.25) is 4.79 Å². The van der Waals surface area contributed by atoms with E-state index in [0.717, 1.165) is 22.0 Å². The molecule has 0 unspecified atom stereocenters. The van der Waals surface area contributed by atoms with E-state index >= 15 is 0 Å². The Morgan fingerprint density at radius 1 is 1.32 bits per heavy atom. The molecule has 0 aliphatic carbocycles. The van der Waals surface area contributed by atoms with E-state index in [-0.39, 0.29) is 6.42 Å². The van der Waals surface area contributed by atoms with Crippen molar-refractivity contribution in [3.05, 3.63) is 16.6 Å². The smallest absolute Gasteiger partial charge is 0.303 e. The average Bonchev–Trinajstić information content (AvgIpc) is 2.91. The summed E-state index contributed by atoms with van der Waals surface area (Å²) in [7, 11) is 0. The van der Waals surface area contributed by atoms with Crippen molar-refractivity contribution in [3.63, 3.8) is 0 Å². The number of carbonyl (C=O) groups is 1. The van der Waals surface area contributed by atoms with Gasteiger partial charge in [0.25, 0.3) is 5.89 Å². The zero-order valence-corrected chi connectivity index (χ0v) is 11.7. The van der Waals surface area contributed by atoms with Crippen LogP contribution >= 0.6 is 11.3 Å². The second kappa shape index (κ2) is 5.92. The maximum atomic E-state index is 10.4. The minimum Gasteiger partial charge on any atom is -0.481 e. The second-order valence-electron chi connectivity index (χ2n) is 4.25. The van der Waals surface area contributed by atoms with Crippen LogP contribution in [0.2, 0.25) is 0 Å². The summed E-state index contributed by atoms with van der Waals surface area (Å²) in [6, 6.07) is 0. The third kappa shape index (κ3) is 3.60. The molecule has 0 spiro atoms. The summed E-state index contributed by atoms with van der Waals surface area (Å²) in [5, 5.41) is 17.5. The van der Waals surface area contributed by atoms with Gasteiger partial charge in [0.1, 0.15) is 4.88 Å². The summed E-state index contributed by atoms with van der Waals surface area (Å²) in [4.78, 5) is 15.6. The molecule has 0 bridgehead atoms. The molecule has 0 aliphatic heterocycles. The molecule has 2 aromatic heterocycles. The number of unbranched alkanes of at least 4 members (excludes halogenated alkanes) is 1. The van der Waals surface area contributed by atoms with Crippen LogP contribution in [0.5, 0.6) is 0 Å². The highest BCUT2D eigenvalue weighted by Gasteiger charge is 2.14. The van der Waals surface area contributed by atoms with Crippen LogP contribution in [-0.4, -0.2) is 26.3 Å². The Kier molecular flexibility index (Phi) is 4.26. The van der Waals surface area contributed by atoms with E-state index in [1.807, 2.05) is 13.8 Å². The first-order valence-electron chi connectivity index (χ1n) is 6.05. The molecule has 2 heterocycles. The molecule has 0 atom stereocenters. The zero-order valence-electron chi connectivity index (χ0n) is 10.8. The standard InChI is InChI=1S/C12H15N3O3S/c1-7-11(19-8(2)13-7)12-15-14-9(18-12)5-3-4-6-10(16)17/h3-6H2,1-2H3,(H,16,17). The number of hydrogen-bond donors (Lipinski definition) is 1. The van der Waals surface area contributed by atoms with E-state index < -0.39 is 5.97 Å². The first-order valence-corrected chi connectivity index (χ1v) is 6.86. The molecule has 6 nitrogen and oxygen atoms in total. The lowest BCUT2D eigenvalue weighted by Crippen LogP contribution is -1.95. The molecule has 0 saturated carbocycles. The molecule has 0 fully saturated rings. The highest BCUT2D eigenvalue weighted by molar-refractivity contribution is 7.15. The lowest BCUT2D eigenvalue weighted by Gasteiger charge is -1.94. The van der Waals surface area contributed by atoms with E-state index in [1.54, 1.807) is 0 Å². The molecule has 0 aromatic carbocycles. The number of carboxylic acid groups (broad SMARTS) is 1. The van der Waals surface area contributed by atoms with Crippen LogP contribution in [0, 0.1) is 13.8 Å². The third-order valence-corrected chi connectivity index (χ3v) is 3.66. The monoisotopic (exact) mass is 281 g/mol. The number of thiazole rings is 1. The first-order chi connectivity index (χ1) is 9.06. The predicted molar refractivity (Wildman–Crippen MR) is 70.1 cm³/mol. The van der Waals surface area contributed by atoms with Crippen LogP contribution in [0.15, 0.2) is 4.42 Å². The Balaban J connectivity index is 1.95. The fourth-order valence-corrected chi connectivity index (χ4v) is 2.57. The number of aromatic nitrogens is 3. The SMILES string of the molecule is Cc1nc(C)c(-c2nnc(CCCCC(=O)O)o2)s1. The Labute approximate surface area is 114 Å². The minimum absolute atomic E-state index is 0.175. The number of aryl methyl sites for hydroxylation is 3. The van der Waals surface area contributed by atoms with E-state index in [9.17, 15) is 4.79 Å². The second-order valence-corrected chi connectivity index (χ2v) is 5.45. The van der Waals surface area contributed by atoms with Gasteiger partial charge >= 0.3 is 5.97 Å². The van der Waals surface area contributed by atoms with Gasteiger partial charge in [-0.15, -0.1) is 21.5 Å². The van der Waals surface area contributed by atoms with Crippen LogP contribution < -0.4 is 0 Å². The molecule has 0 saturated heterocycles. The first kappa shape index (κ1) is 13.7. The lowest BCUT2D eigenvalue weighted by atomic mass is 10.2. The van der Waals surface area contributed by atoms with E-state index in [0.29, 0.717) is 24.6 Å². The van der Waals surface area contributed by atoms with Crippen molar-refractivity contribution >= 4 is 17.3 Å². The molecular weight excluding hydrogens is 266 g/mol. The third-order valence-electron chi connectivity index (χ3n) is 2.60. The molecule has 102 valence electrons. The van der Waals surface area contributed by atoms with Crippen LogP contribution in [0.1, 0.15) is 35.9 Å². The predicted octanol–water partition coefficient (Wildman–Crippen LogP) is 2.61. The van der Waals surface area contributed by atoms with Gasteiger partial charge in [-0.05, 0) is 26.7 Å². The van der Waals surface area contributed by atoms with Crippen molar-refractivity contribution in [2.45, 2.75) is 39.5 Å².